The van der Waals surface area contributed by atoms with Crippen molar-refractivity contribution in [1.29, 1.82) is 0 Å². The smallest absolute Gasteiger partial charge is 0.232 e. The number of rotatable bonds is 1. The van der Waals surface area contributed by atoms with E-state index in [0.717, 1.165) is 11.4 Å². The molecule has 96 valence electrons. The van der Waals surface area contributed by atoms with Gasteiger partial charge in [-0.05, 0) is 12.1 Å². The van der Waals surface area contributed by atoms with Crippen molar-refractivity contribution in [1.82, 2.24) is 9.78 Å². The maximum absolute atomic E-state index is 12.1. The van der Waals surface area contributed by atoms with E-state index < -0.39 is 11.2 Å². The van der Waals surface area contributed by atoms with Gasteiger partial charge in [-0.1, -0.05) is 32.0 Å². The van der Waals surface area contributed by atoms with Crippen LogP contribution in [0.1, 0.15) is 29.9 Å². The Hall–Kier alpha value is -2.23. The van der Waals surface area contributed by atoms with Crippen LogP contribution < -0.4 is 0 Å². The van der Waals surface area contributed by atoms with Crippen LogP contribution in [0.3, 0.4) is 0 Å². The number of nitrogens with zero attached hydrogens (tertiary/aromatic N) is 2. The first-order valence-corrected chi connectivity index (χ1v) is 6.22. The van der Waals surface area contributed by atoms with E-state index in [1.807, 2.05) is 30.3 Å². The van der Waals surface area contributed by atoms with Crippen LogP contribution in [0.4, 0.5) is 0 Å². The Morgan fingerprint density at radius 2 is 1.84 bits per heavy atom. The predicted molar refractivity (Wildman–Crippen MR) is 70.4 cm³/mol. The quantitative estimate of drug-likeness (QED) is 0.733. The highest BCUT2D eigenvalue weighted by atomic mass is 16.2. The third-order valence-electron chi connectivity index (χ3n) is 3.54. The first-order valence-electron chi connectivity index (χ1n) is 6.22. The Labute approximate surface area is 111 Å². The Morgan fingerprint density at radius 1 is 1.16 bits per heavy atom. The number of para-hydroxylation sites is 1. The Morgan fingerprint density at radius 3 is 2.53 bits per heavy atom. The molecule has 0 aliphatic heterocycles. The van der Waals surface area contributed by atoms with Crippen molar-refractivity contribution in [3.8, 4) is 5.69 Å². The second-order valence-electron chi connectivity index (χ2n) is 5.47. The zero-order chi connectivity index (χ0) is 13.6. The van der Waals surface area contributed by atoms with Crippen LogP contribution in [0, 0.1) is 5.41 Å². The van der Waals surface area contributed by atoms with Crippen LogP contribution >= 0.6 is 0 Å². The molecular weight excluding hydrogens is 240 g/mol. The average molecular weight is 254 g/mol. The molecular formula is C15H14N2O2. The zero-order valence-corrected chi connectivity index (χ0v) is 10.9. The molecule has 0 fully saturated rings. The summed E-state index contributed by atoms with van der Waals surface area (Å²) in [6.45, 7) is 3.61. The summed E-state index contributed by atoms with van der Waals surface area (Å²) in [5.74, 6) is -0.749. The number of fused-ring (bicyclic) bond motifs is 1. The van der Waals surface area contributed by atoms with E-state index >= 15 is 0 Å². The molecule has 3 rings (SSSR count). The first kappa shape index (κ1) is 11.8. The number of hydrogen-bond acceptors (Lipinski definition) is 3. The van der Waals surface area contributed by atoms with Gasteiger partial charge in [-0.3, -0.25) is 9.59 Å². The van der Waals surface area contributed by atoms with Crippen LogP contribution in [-0.2, 0) is 11.2 Å². The van der Waals surface area contributed by atoms with E-state index in [9.17, 15) is 9.59 Å². The number of Topliss-reactive ketones (excluding diaryl/α,β-unsaturated/α-hetero) is 2. The zero-order valence-electron chi connectivity index (χ0n) is 10.9. The minimum atomic E-state index is -0.656. The van der Waals surface area contributed by atoms with Gasteiger partial charge < -0.3 is 0 Å². The summed E-state index contributed by atoms with van der Waals surface area (Å²) in [7, 11) is 0. The second-order valence-corrected chi connectivity index (χ2v) is 5.47. The van der Waals surface area contributed by atoms with Gasteiger partial charge in [0.25, 0.3) is 0 Å². The van der Waals surface area contributed by atoms with E-state index in [2.05, 4.69) is 5.10 Å². The molecule has 0 radical (unpaired) electrons. The topological polar surface area (TPSA) is 52.0 Å². The SMILES string of the molecule is CC1(C)Cc2c(cnn2-c2ccccc2)C(=O)C1=O. The summed E-state index contributed by atoms with van der Waals surface area (Å²) in [4.78, 5) is 24.0. The molecule has 1 aliphatic carbocycles. The van der Waals surface area contributed by atoms with Crippen LogP contribution in [0.15, 0.2) is 36.5 Å². The number of benzene rings is 1. The van der Waals surface area contributed by atoms with Gasteiger partial charge in [-0.2, -0.15) is 5.10 Å². The maximum atomic E-state index is 12.1. The normalized spacial score (nSPS) is 17.4. The highest BCUT2D eigenvalue weighted by molar-refractivity contribution is 6.46. The summed E-state index contributed by atoms with van der Waals surface area (Å²) in [6.07, 6.45) is 2.03. The summed E-state index contributed by atoms with van der Waals surface area (Å²) in [5.41, 5.74) is 1.51. The molecule has 19 heavy (non-hydrogen) atoms. The number of hydrogen-bond donors (Lipinski definition) is 0. The number of carbonyl (C=O) groups excluding carboxylic acids is 2. The lowest BCUT2D eigenvalue weighted by atomic mass is 9.75. The Kier molecular flexibility index (Phi) is 2.42. The Balaban J connectivity index is 2.17. The summed E-state index contributed by atoms with van der Waals surface area (Å²) in [5, 5.41) is 4.26. The molecule has 0 N–H and O–H groups in total. The third kappa shape index (κ3) is 1.71. The fraction of sp³-hybridized carbons (Fsp3) is 0.267. The van der Waals surface area contributed by atoms with Crippen molar-refractivity contribution in [2.45, 2.75) is 20.3 Å². The minimum absolute atomic E-state index is 0.326. The van der Waals surface area contributed by atoms with Crippen LogP contribution in [0.2, 0.25) is 0 Å². The lowest BCUT2D eigenvalue weighted by Gasteiger charge is -2.27. The number of ketones is 2. The molecule has 2 aromatic rings. The van der Waals surface area contributed by atoms with Crippen molar-refractivity contribution in [2.24, 2.45) is 5.41 Å². The van der Waals surface area contributed by atoms with Crippen molar-refractivity contribution in [3.63, 3.8) is 0 Å². The summed E-state index contributed by atoms with van der Waals surface area (Å²) in [6, 6.07) is 9.63. The monoisotopic (exact) mass is 254 g/mol. The van der Waals surface area contributed by atoms with Gasteiger partial charge in [0.05, 0.1) is 23.1 Å². The fourth-order valence-electron chi connectivity index (χ4n) is 2.45. The van der Waals surface area contributed by atoms with Gasteiger partial charge in [-0.25, -0.2) is 4.68 Å². The highest BCUT2D eigenvalue weighted by Gasteiger charge is 2.42. The molecule has 0 spiro atoms. The molecule has 0 saturated carbocycles. The standard InChI is InChI=1S/C15H14N2O2/c1-15(2)8-12-11(13(18)14(15)19)9-16-17(12)10-6-4-3-5-7-10/h3-7,9H,8H2,1-2H3. The number of aromatic nitrogens is 2. The minimum Gasteiger partial charge on any atom is -0.290 e. The maximum Gasteiger partial charge on any atom is 0.232 e. The molecule has 1 aromatic heterocycles. The molecule has 1 heterocycles. The lowest BCUT2D eigenvalue weighted by molar-refractivity contribution is -0.123. The van der Waals surface area contributed by atoms with Gasteiger partial charge >= 0.3 is 0 Å². The summed E-state index contributed by atoms with van der Waals surface area (Å²) < 4.78 is 1.75. The molecule has 0 unspecified atom stereocenters. The molecule has 0 atom stereocenters. The van der Waals surface area contributed by atoms with Crippen molar-refractivity contribution < 1.29 is 9.59 Å². The van der Waals surface area contributed by atoms with Crippen molar-refractivity contribution >= 4 is 11.6 Å². The van der Waals surface area contributed by atoms with E-state index in [1.165, 1.54) is 6.20 Å². The Bertz CT molecular complexity index is 669. The second kappa shape index (κ2) is 3.88. The van der Waals surface area contributed by atoms with Gasteiger partial charge in [0, 0.05) is 11.8 Å². The van der Waals surface area contributed by atoms with Crippen LogP contribution in [0.5, 0.6) is 0 Å². The van der Waals surface area contributed by atoms with Gasteiger partial charge in [0.2, 0.25) is 11.6 Å². The molecule has 1 aliphatic rings. The largest absolute Gasteiger partial charge is 0.290 e. The molecule has 1 aromatic carbocycles. The van der Waals surface area contributed by atoms with E-state index in [4.69, 9.17) is 0 Å². The van der Waals surface area contributed by atoms with E-state index in [0.29, 0.717) is 12.0 Å². The number of carbonyl (C=O) groups is 2. The highest BCUT2D eigenvalue weighted by Crippen LogP contribution is 2.32. The van der Waals surface area contributed by atoms with E-state index in [-0.39, 0.29) is 5.78 Å². The average Bonchev–Trinajstić information content (AvgIpc) is 2.80. The molecule has 0 amide bonds. The molecule has 0 saturated heterocycles. The predicted octanol–water partition coefficient (Wildman–Crippen LogP) is 2.21. The van der Waals surface area contributed by atoms with Gasteiger partial charge in [0.15, 0.2) is 0 Å². The van der Waals surface area contributed by atoms with Crippen molar-refractivity contribution in [3.05, 3.63) is 47.8 Å². The molecule has 0 bridgehead atoms. The van der Waals surface area contributed by atoms with Gasteiger partial charge in [-0.15, -0.1) is 0 Å². The molecule has 4 heteroatoms. The third-order valence-corrected chi connectivity index (χ3v) is 3.54. The van der Waals surface area contributed by atoms with Crippen molar-refractivity contribution in [2.75, 3.05) is 0 Å². The molecule has 4 nitrogen and oxygen atoms in total. The van der Waals surface area contributed by atoms with Gasteiger partial charge in [0.1, 0.15) is 0 Å². The fourth-order valence-corrected chi connectivity index (χ4v) is 2.45. The van der Waals surface area contributed by atoms with Crippen LogP contribution in [-0.4, -0.2) is 21.3 Å². The summed E-state index contributed by atoms with van der Waals surface area (Å²) >= 11 is 0. The van der Waals surface area contributed by atoms with Crippen LogP contribution in [0.25, 0.3) is 5.69 Å². The first-order chi connectivity index (χ1) is 9.00. The van der Waals surface area contributed by atoms with E-state index in [1.54, 1.807) is 18.5 Å². The lowest BCUT2D eigenvalue weighted by Crippen LogP contribution is -2.38.